The number of alkyl halides is 2. The van der Waals surface area contributed by atoms with E-state index in [1.165, 1.54) is 6.42 Å². The molecule has 2 nitrogen and oxygen atoms in total. The van der Waals surface area contributed by atoms with Gasteiger partial charge < -0.3 is 4.74 Å². The van der Waals surface area contributed by atoms with Crippen LogP contribution in [0, 0.1) is 5.92 Å². The Hall–Kier alpha value is -0.350. The molecule has 0 spiro atoms. The predicted octanol–water partition coefficient (Wildman–Crippen LogP) is 4.55. The summed E-state index contributed by atoms with van der Waals surface area (Å²) in [5, 5.41) is 0.840. The highest BCUT2D eigenvalue weighted by atomic mass is 79.9. The van der Waals surface area contributed by atoms with Crippen molar-refractivity contribution in [1.29, 1.82) is 0 Å². The Morgan fingerprint density at radius 2 is 2.05 bits per heavy atom. The van der Waals surface area contributed by atoms with Crippen molar-refractivity contribution in [2.45, 2.75) is 42.7 Å². The molecule has 108 valence electrons. The van der Waals surface area contributed by atoms with Gasteiger partial charge in [0.1, 0.15) is 5.60 Å². The first-order valence-corrected chi connectivity index (χ1v) is 9.18. The summed E-state index contributed by atoms with van der Waals surface area (Å²) in [6.45, 7) is 2.21. The maximum Gasteiger partial charge on any atom is 0.216 e. The standard InChI is InChI=1S/C16H19Br2NO/c1-16(10-17)13-9-12(18)7-8-14(13)19-15(20-16)11-5-3-2-4-6-11/h2-6,12-14H,7-10H2,1H3. The second-order valence-electron chi connectivity index (χ2n) is 5.93. The minimum Gasteiger partial charge on any atom is -0.470 e. The third-order valence-electron chi connectivity index (χ3n) is 4.43. The number of hydrogen-bond donors (Lipinski definition) is 0. The van der Waals surface area contributed by atoms with Crippen molar-refractivity contribution >= 4 is 37.8 Å². The Bertz CT molecular complexity index is 504. The molecule has 1 fully saturated rings. The van der Waals surface area contributed by atoms with Crippen molar-refractivity contribution in [3.05, 3.63) is 35.9 Å². The molecule has 1 aromatic carbocycles. The molecule has 1 aliphatic heterocycles. The monoisotopic (exact) mass is 399 g/mol. The first-order chi connectivity index (χ1) is 9.62. The van der Waals surface area contributed by atoms with Gasteiger partial charge in [-0.1, -0.05) is 50.1 Å². The molecule has 0 amide bonds. The van der Waals surface area contributed by atoms with Crippen molar-refractivity contribution in [3.8, 4) is 0 Å². The first kappa shape index (κ1) is 14.6. The minimum absolute atomic E-state index is 0.177. The van der Waals surface area contributed by atoms with Crippen molar-refractivity contribution in [3.63, 3.8) is 0 Å². The lowest BCUT2D eigenvalue weighted by Gasteiger charge is -2.47. The van der Waals surface area contributed by atoms with E-state index in [1.54, 1.807) is 0 Å². The molecule has 1 heterocycles. The van der Waals surface area contributed by atoms with E-state index >= 15 is 0 Å². The van der Waals surface area contributed by atoms with Crippen LogP contribution in [0.2, 0.25) is 0 Å². The minimum atomic E-state index is -0.177. The summed E-state index contributed by atoms with van der Waals surface area (Å²) in [4.78, 5) is 5.50. The molecular formula is C16H19Br2NO. The fourth-order valence-electron chi connectivity index (χ4n) is 3.23. The molecule has 4 atom stereocenters. The van der Waals surface area contributed by atoms with Crippen molar-refractivity contribution in [2.75, 3.05) is 5.33 Å². The maximum absolute atomic E-state index is 6.31. The van der Waals surface area contributed by atoms with E-state index in [9.17, 15) is 0 Å². The van der Waals surface area contributed by atoms with Crippen molar-refractivity contribution in [2.24, 2.45) is 10.9 Å². The largest absolute Gasteiger partial charge is 0.470 e. The van der Waals surface area contributed by atoms with Gasteiger partial charge in [-0.3, -0.25) is 0 Å². The van der Waals surface area contributed by atoms with E-state index < -0.39 is 0 Å². The normalized spacial score (nSPS) is 36.8. The summed E-state index contributed by atoms with van der Waals surface area (Å²) in [6.07, 6.45) is 3.48. The average Bonchev–Trinajstić information content (AvgIpc) is 2.49. The van der Waals surface area contributed by atoms with Crippen LogP contribution < -0.4 is 0 Å². The lowest BCUT2D eigenvalue weighted by Crippen LogP contribution is -2.52. The number of nitrogens with zero attached hydrogens (tertiary/aromatic N) is 1. The average molecular weight is 401 g/mol. The highest BCUT2D eigenvalue weighted by Crippen LogP contribution is 2.43. The van der Waals surface area contributed by atoms with Crippen molar-refractivity contribution < 1.29 is 4.74 Å². The molecule has 4 unspecified atom stereocenters. The lowest BCUT2D eigenvalue weighted by molar-refractivity contribution is -0.00488. The number of hydrogen-bond acceptors (Lipinski definition) is 2. The molecule has 1 aliphatic carbocycles. The lowest BCUT2D eigenvalue weighted by atomic mass is 9.74. The fourth-order valence-corrected chi connectivity index (χ4v) is 4.43. The van der Waals surface area contributed by atoms with E-state index in [4.69, 9.17) is 9.73 Å². The summed E-state index contributed by atoms with van der Waals surface area (Å²) < 4.78 is 6.31. The molecule has 0 radical (unpaired) electrons. The van der Waals surface area contributed by atoms with Gasteiger partial charge in [-0.15, -0.1) is 0 Å². The maximum atomic E-state index is 6.31. The molecule has 0 N–H and O–H groups in total. The first-order valence-electron chi connectivity index (χ1n) is 7.14. The zero-order valence-corrected chi connectivity index (χ0v) is 14.7. The molecule has 20 heavy (non-hydrogen) atoms. The summed E-state index contributed by atoms with van der Waals surface area (Å²) in [7, 11) is 0. The number of ether oxygens (including phenoxy) is 1. The molecule has 0 bridgehead atoms. The van der Waals surface area contributed by atoms with Gasteiger partial charge in [0, 0.05) is 21.6 Å². The van der Waals surface area contributed by atoms with Gasteiger partial charge in [0.15, 0.2) is 0 Å². The fraction of sp³-hybridized carbons (Fsp3) is 0.562. The summed E-state index contributed by atoms with van der Waals surface area (Å²) in [5.74, 6) is 1.29. The third-order valence-corrected chi connectivity index (χ3v) is 6.38. The molecular weight excluding hydrogens is 382 g/mol. The van der Waals surface area contributed by atoms with Gasteiger partial charge >= 0.3 is 0 Å². The van der Waals surface area contributed by atoms with E-state index in [2.05, 4.69) is 50.9 Å². The third kappa shape index (κ3) is 2.69. The molecule has 1 aromatic rings. The van der Waals surface area contributed by atoms with Crippen LogP contribution >= 0.6 is 31.9 Å². The molecule has 2 aliphatic rings. The van der Waals surface area contributed by atoms with E-state index in [0.717, 1.165) is 29.6 Å². The van der Waals surface area contributed by atoms with Gasteiger partial charge in [0.2, 0.25) is 5.90 Å². The second-order valence-corrected chi connectivity index (χ2v) is 7.79. The zero-order valence-electron chi connectivity index (χ0n) is 11.6. The summed E-state index contributed by atoms with van der Waals surface area (Å²) in [5.41, 5.74) is 0.906. The highest BCUT2D eigenvalue weighted by molar-refractivity contribution is 9.09. The molecule has 3 rings (SSSR count). The van der Waals surface area contributed by atoms with Gasteiger partial charge in [-0.25, -0.2) is 4.99 Å². The second kappa shape index (κ2) is 5.80. The number of halogens is 2. The van der Waals surface area contributed by atoms with Crippen LogP contribution in [0.1, 0.15) is 31.7 Å². The van der Waals surface area contributed by atoms with E-state index in [-0.39, 0.29) is 5.60 Å². The van der Waals surface area contributed by atoms with Crippen LogP contribution in [0.5, 0.6) is 0 Å². The number of aliphatic imine (C=N–C) groups is 1. The Morgan fingerprint density at radius 3 is 2.75 bits per heavy atom. The summed E-state index contributed by atoms with van der Waals surface area (Å²) >= 11 is 7.43. The topological polar surface area (TPSA) is 21.6 Å². The zero-order chi connectivity index (χ0) is 14.2. The summed E-state index contributed by atoms with van der Waals surface area (Å²) in [6, 6.07) is 10.6. The SMILES string of the molecule is CC1(CBr)OC(c2ccccc2)=NC2CCC(Br)CC21. The Morgan fingerprint density at radius 1 is 1.30 bits per heavy atom. The molecule has 0 aromatic heterocycles. The van der Waals surface area contributed by atoms with Crippen LogP contribution in [0.4, 0.5) is 0 Å². The smallest absolute Gasteiger partial charge is 0.216 e. The quantitative estimate of drug-likeness (QED) is 0.667. The van der Waals surface area contributed by atoms with Crippen LogP contribution in [0.15, 0.2) is 35.3 Å². The Kier molecular flexibility index (Phi) is 4.23. The predicted molar refractivity (Wildman–Crippen MR) is 90.1 cm³/mol. The van der Waals surface area contributed by atoms with Gasteiger partial charge in [0.25, 0.3) is 0 Å². The van der Waals surface area contributed by atoms with Crippen LogP contribution in [-0.4, -0.2) is 27.7 Å². The van der Waals surface area contributed by atoms with Crippen LogP contribution in [-0.2, 0) is 4.74 Å². The Balaban J connectivity index is 1.95. The van der Waals surface area contributed by atoms with Crippen LogP contribution in [0.3, 0.4) is 0 Å². The molecule has 1 saturated carbocycles. The van der Waals surface area contributed by atoms with Gasteiger partial charge in [-0.05, 0) is 38.3 Å². The van der Waals surface area contributed by atoms with Gasteiger partial charge in [-0.2, -0.15) is 0 Å². The van der Waals surface area contributed by atoms with E-state index in [0.29, 0.717) is 16.8 Å². The molecule has 0 saturated heterocycles. The number of rotatable bonds is 2. The number of fused-ring (bicyclic) bond motifs is 1. The highest BCUT2D eigenvalue weighted by Gasteiger charge is 2.47. The van der Waals surface area contributed by atoms with Crippen LogP contribution in [0.25, 0.3) is 0 Å². The van der Waals surface area contributed by atoms with E-state index in [1.807, 2.05) is 18.2 Å². The Labute approximate surface area is 137 Å². The van der Waals surface area contributed by atoms with Gasteiger partial charge in [0.05, 0.1) is 6.04 Å². The number of benzene rings is 1. The van der Waals surface area contributed by atoms with Crippen molar-refractivity contribution in [1.82, 2.24) is 0 Å². The molecule has 4 heteroatoms.